The van der Waals surface area contributed by atoms with Crippen LogP contribution in [0, 0.1) is 5.82 Å². The summed E-state index contributed by atoms with van der Waals surface area (Å²) in [5, 5.41) is 2.47. The molecule has 162 valence electrons. The number of aromatic nitrogens is 2. The van der Waals surface area contributed by atoms with Crippen LogP contribution in [0.2, 0.25) is 5.02 Å². The highest BCUT2D eigenvalue weighted by Crippen LogP contribution is 2.36. The molecular formula is C19H17ClFN5O3S2. The Morgan fingerprint density at radius 1 is 1.29 bits per heavy atom. The van der Waals surface area contributed by atoms with Crippen molar-refractivity contribution in [3.63, 3.8) is 0 Å². The van der Waals surface area contributed by atoms with Crippen LogP contribution in [0.5, 0.6) is 0 Å². The van der Waals surface area contributed by atoms with E-state index in [1.54, 1.807) is 12.4 Å². The Morgan fingerprint density at radius 2 is 2.03 bits per heavy atom. The molecule has 8 nitrogen and oxygen atoms in total. The van der Waals surface area contributed by atoms with Gasteiger partial charge in [-0.1, -0.05) is 11.6 Å². The highest BCUT2D eigenvalue weighted by molar-refractivity contribution is 7.87. The van der Waals surface area contributed by atoms with E-state index < -0.39 is 34.0 Å². The Hall–Kier alpha value is -2.44. The topological polar surface area (TPSA) is 104 Å². The van der Waals surface area contributed by atoms with Crippen molar-refractivity contribution < 1.29 is 17.6 Å². The number of benzene rings is 1. The minimum atomic E-state index is -3.90. The van der Waals surface area contributed by atoms with Gasteiger partial charge < -0.3 is 5.32 Å². The number of nitrogens with zero attached hydrogens (tertiary/aromatic N) is 3. The van der Waals surface area contributed by atoms with Crippen LogP contribution in [-0.4, -0.2) is 41.7 Å². The number of amides is 1. The van der Waals surface area contributed by atoms with Crippen LogP contribution in [0.15, 0.2) is 49.1 Å². The predicted molar refractivity (Wildman–Crippen MR) is 116 cm³/mol. The van der Waals surface area contributed by atoms with Crippen LogP contribution in [0.25, 0.3) is 10.4 Å². The third-order valence-corrected chi connectivity index (χ3v) is 8.01. The maximum atomic E-state index is 13.4. The van der Waals surface area contributed by atoms with Crippen molar-refractivity contribution in [3.05, 3.63) is 64.8 Å². The summed E-state index contributed by atoms with van der Waals surface area (Å²) in [7, 11) is -2.56. The van der Waals surface area contributed by atoms with E-state index in [9.17, 15) is 17.6 Å². The van der Waals surface area contributed by atoms with Crippen molar-refractivity contribution >= 4 is 44.7 Å². The Labute approximate surface area is 187 Å². The van der Waals surface area contributed by atoms with E-state index in [1.807, 2.05) is 12.1 Å². The van der Waals surface area contributed by atoms with E-state index in [2.05, 4.69) is 20.0 Å². The number of anilines is 1. The fourth-order valence-electron chi connectivity index (χ4n) is 3.22. The van der Waals surface area contributed by atoms with E-state index in [-0.39, 0.29) is 17.1 Å². The maximum Gasteiger partial charge on any atom is 0.280 e. The van der Waals surface area contributed by atoms with Crippen LogP contribution >= 0.6 is 22.9 Å². The quantitative estimate of drug-likeness (QED) is 0.595. The lowest BCUT2D eigenvalue weighted by atomic mass is 10.1. The first kappa shape index (κ1) is 21.8. The van der Waals surface area contributed by atoms with Crippen molar-refractivity contribution in [2.75, 3.05) is 12.4 Å². The number of thiophene rings is 1. The molecule has 1 amide bonds. The Balaban J connectivity index is 1.57. The summed E-state index contributed by atoms with van der Waals surface area (Å²) in [6.45, 7) is 0. The van der Waals surface area contributed by atoms with Crippen molar-refractivity contribution in [2.45, 2.75) is 18.5 Å². The molecule has 1 fully saturated rings. The summed E-state index contributed by atoms with van der Waals surface area (Å²) in [6.07, 6.45) is 4.99. The van der Waals surface area contributed by atoms with Gasteiger partial charge in [-0.15, -0.1) is 11.3 Å². The average molecular weight is 482 g/mol. The summed E-state index contributed by atoms with van der Waals surface area (Å²) in [5.74, 6) is -1.15. The Kier molecular flexibility index (Phi) is 6.04. The van der Waals surface area contributed by atoms with E-state index in [4.69, 9.17) is 11.6 Å². The smallest absolute Gasteiger partial charge is 0.280 e. The molecule has 3 heterocycles. The number of carbonyl (C=O) groups excluding carboxylic acids is 1. The summed E-state index contributed by atoms with van der Waals surface area (Å²) in [5.41, 5.74) is 1.09. The molecule has 3 aromatic rings. The molecule has 1 aliphatic rings. The van der Waals surface area contributed by atoms with Crippen molar-refractivity contribution in [1.82, 2.24) is 19.0 Å². The van der Waals surface area contributed by atoms with Gasteiger partial charge in [0.05, 0.1) is 11.1 Å². The predicted octanol–water partition coefficient (Wildman–Crippen LogP) is 3.22. The first-order valence-corrected chi connectivity index (χ1v) is 11.7. The van der Waals surface area contributed by atoms with Crippen LogP contribution in [0.4, 0.5) is 10.1 Å². The van der Waals surface area contributed by atoms with Gasteiger partial charge in [-0.3, -0.25) is 4.79 Å². The average Bonchev–Trinajstić information content (AvgIpc) is 3.23. The number of likely N-dealkylation sites (N-methyl/N-ethyl adjacent to an activating group) is 1. The summed E-state index contributed by atoms with van der Waals surface area (Å²) in [6, 6.07) is 5.89. The van der Waals surface area contributed by atoms with E-state index >= 15 is 0 Å². The molecule has 0 saturated carbocycles. The first-order valence-electron chi connectivity index (χ1n) is 9.11. The second-order valence-electron chi connectivity index (χ2n) is 6.89. The molecule has 0 unspecified atom stereocenters. The van der Waals surface area contributed by atoms with Crippen LogP contribution in [-0.2, 0) is 15.0 Å². The highest BCUT2D eigenvalue weighted by atomic mass is 35.5. The minimum Gasteiger partial charge on any atom is -0.325 e. The monoisotopic (exact) mass is 481 g/mol. The van der Waals surface area contributed by atoms with Gasteiger partial charge in [0, 0.05) is 40.4 Å². The zero-order chi connectivity index (χ0) is 22.2. The SMILES string of the molecule is CN1[C@@H](C(=O)Nc2ccc(F)c(Cl)c2)C[C@@H](c2ccc(-c3cncnc3)s2)NS1(=O)=O. The van der Waals surface area contributed by atoms with Gasteiger partial charge in [0.15, 0.2) is 0 Å². The van der Waals surface area contributed by atoms with E-state index in [0.29, 0.717) is 0 Å². The summed E-state index contributed by atoms with van der Waals surface area (Å²) < 4.78 is 42.3. The van der Waals surface area contributed by atoms with Gasteiger partial charge in [-0.2, -0.15) is 17.4 Å². The molecular weight excluding hydrogens is 465 g/mol. The lowest BCUT2D eigenvalue weighted by Crippen LogP contribution is -2.55. The second-order valence-corrected chi connectivity index (χ2v) is 10.2. The van der Waals surface area contributed by atoms with Gasteiger partial charge >= 0.3 is 0 Å². The van der Waals surface area contributed by atoms with Gasteiger partial charge in [-0.25, -0.2) is 14.4 Å². The number of carbonyl (C=O) groups is 1. The maximum absolute atomic E-state index is 13.4. The third kappa shape index (κ3) is 4.60. The zero-order valence-corrected chi connectivity index (χ0v) is 18.5. The van der Waals surface area contributed by atoms with E-state index in [1.165, 1.54) is 36.8 Å². The lowest BCUT2D eigenvalue weighted by Gasteiger charge is -2.35. The molecule has 12 heteroatoms. The van der Waals surface area contributed by atoms with E-state index in [0.717, 1.165) is 25.7 Å². The zero-order valence-electron chi connectivity index (χ0n) is 16.1. The van der Waals surface area contributed by atoms with Gasteiger partial charge in [0.2, 0.25) is 5.91 Å². The molecule has 1 aromatic carbocycles. The largest absolute Gasteiger partial charge is 0.325 e. The first-order chi connectivity index (χ1) is 14.7. The van der Waals surface area contributed by atoms with Crippen LogP contribution in [0.3, 0.4) is 0 Å². The normalized spacial score (nSPS) is 21.0. The molecule has 0 spiro atoms. The fraction of sp³-hybridized carbons (Fsp3) is 0.211. The van der Waals surface area contributed by atoms with Gasteiger partial charge in [-0.05, 0) is 36.8 Å². The molecule has 2 N–H and O–H groups in total. The Bertz CT molecular complexity index is 1220. The minimum absolute atomic E-state index is 0.141. The molecule has 2 atom stereocenters. The van der Waals surface area contributed by atoms with Crippen molar-refractivity contribution in [3.8, 4) is 10.4 Å². The summed E-state index contributed by atoms with van der Waals surface area (Å²) >= 11 is 7.16. The fourth-order valence-corrected chi connectivity index (χ4v) is 5.79. The molecule has 31 heavy (non-hydrogen) atoms. The number of hydrogen-bond acceptors (Lipinski definition) is 6. The second kappa shape index (κ2) is 8.60. The third-order valence-electron chi connectivity index (χ3n) is 4.87. The molecule has 2 aromatic heterocycles. The number of rotatable bonds is 4. The summed E-state index contributed by atoms with van der Waals surface area (Å²) in [4.78, 5) is 22.5. The van der Waals surface area contributed by atoms with Crippen molar-refractivity contribution in [2.24, 2.45) is 0 Å². The van der Waals surface area contributed by atoms with Gasteiger partial charge in [0.1, 0.15) is 18.2 Å². The molecule has 0 bridgehead atoms. The van der Waals surface area contributed by atoms with Crippen LogP contribution in [0.1, 0.15) is 17.3 Å². The molecule has 0 aliphatic carbocycles. The number of nitrogens with one attached hydrogen (secondary N) is 2. The molecule has 0 radical (unpaired) electrons. The number of hydrogen-bond donors (Lipinski definition) is 2. The molecule has 1 aliphatic heterocycles. The Morgan fingerprint density at radius 3 is 2.74 bits per heavy atom. The molecule has 4 rings (SSSR count). The van der Waals surface area contributed by atoms with Gasteiger partial charge in [0.25, 0.3) is 10.2 Å². The lowest BCUT2D eigenvalue weighted by molar-refractivity contribution is -0.120. The van der Waals surface area contributed by atoms with Crippen molar-refractivity contribution in [1.29, 1.82) is 0 Å². The highest BCUT2D eigenvalue weighted by Gasteiger charge is 2.41. The standard InChI is InChI=1S/C19H17ClFN5O3S2/c1-26-16(19(27)24-12-2-3-14(21)13(20)6-12)7-15(25-31(26,28)29)18-5-4-17(30-18)11-8-22-10-23-9-11/h2-6,8-10,15-16,25H,7H2,1H3,(H,24,27)/t15-,16+/m0/s1. The van der Waals surface area contributed by atoms with Crippen LogP contribution < -0.4 is 10.0 Å². The number of halogens is 2. The molecule has 1 saturated heterocycles.